The second kappa shape index (κ2) is 6.44. The van der Waals surface area contributed by atoms with E-state index in [0.29, 0.717) is 12.4 Å². The SMILES string of the molecule is Cc1ccc(-c2nnc(C(=O)N(C)Cc3ccccc3)o2)cc1. The van der Waals surface area contributed by atoms with Gasteiger partial charge in [-0.3, -0.25) is 4.79 Å². The molecule has 0 unspecified atom stereocenters. The summed E-state index contributed by atoms with van der Waals surface area (Å²) >= 11 is 0. The summed E-state index contributed by atoms with van der Waals surface area (Å²) in [6.45, 7) is 2.49. The van der Waals surface area contributed by atoms with Crippen LogP contribution in [-0.4, -0.2) is 28.1 Å². The third-order valence-corrected chi connectivity index (χ3v) is 3.52. The number of benzene rings is 2. The summed E-state index contributed by atoms with van der Waals surface area (Å²) in [6.07, 6.45) is 0. The summed E-state index contributed by atoms with van der Waals surface area (Å²) in [4.78, 5) is 13.9. The number of hydrogen-bond acceptors (Lipinski definition) is 4. The maximum Gasteiger partial charge on any atom is 0.311 e. The Kier molecular flexibility index (Phi) is 4.19. The van der Waals surface area contributed by atoms with E-state index in [9.17, 15) is 4.79 Å². The van der Waals surface area contributed by atoms with E-state index in [1.165, 1.54) is 0 Å². The first-order valence-corrected chi connectivity index (χ1v) is 7.33. The maximum absolute atomic E-state index is 12.4. The molecule has 0 N–H and O–H groups in total. The number of hydrogen-bond donors (Lipinski definition) is 0. The second-order valence-corrected chi connectivity index (χ2v) is 5.43. The van der Waals surface area contributed by atoms with Crippen LogP contribution in [0.25, 0.3) is 11.5 Å². The second-order valence-electron chi connectivity index (χ2n) is 5.43. The van der Waals surface area contributed by atoms with Crippen molar-refractivity contribution in [2.75, 3.05) is 7.05 Å². The normalized spacial score (nSPS) is 10.5. The van der Waals surface area contributed by atoms with Crippen molar-refractivity contribution < 1.29 is 9.21 Å². The average molecular weight is 307 g/mol. The quantitative estimate of drug-likeness (QED) is 0.742. The zero-order chi connectivity index (χ0) is 16.2. The fourth-order valence-electron chi connectivity index (χ4n) is 2.21. The molecule has 0 aliphatic heterocycles. The standard InChI is InChI=1S/C18H17N3O2/c1-13-8-10-15(11-9-13)16-19-20-17(23-16)18(22)21(2)12-14-6-4-3-5-7-14/h3-11H,12H2,1-2H3. The molecule has 3 aromatic rings. The average Bonchev–Trinajstić information content (AvgIpc) is 3.05. The molecule has 0 saturated carbocycles. The molecule has 5 heteroatoms. The van der Waals surface area contributed by atoms with Crippen molar-refractivity contribution in [1.29, 1.82) is 0 Å². The minimum absolute atomic E-state index is 0.000920. The molecule has 0 saturated heterocycles. The zero-order valence-electron chi connectivity index (χ0n) is 13.1. The van der Waals surface area contributed by atoms with Crippen LogP contribution in [0.15, 0.2) is 59.0 Å². The molecule has 3 rings (SSSR count). The van der Waals surface area contributed by atoms with Gasteiger partial charge in [0.25, 0.3) is 0 Å². The number of carbonyl (C=O) groups is 1. The Morgan fingerprint density at radius 2 is 1.74 bits per heavy atom. The monoisotopic (exact) mass is 307 g/mol. The van der Waals surface area contributed by atoms with Gasteiger partial charge in [-0.2, -0.15) is 0 Å². The highest BCUT2D eigenvalue weighted by Crippen LogP contribution is 2.19. The summed E-state index contributed by atoms with van der Waals surface area (Å²) in [5, 5.41) is 7.83. The van der Waals surface area contributed by atoms with Gasteiger partial charge >= 0.3 is 11.8 Å². The van der Waals surface area contributed by atoms with Crippen LogP contribution in [0, 0.1) is 6.92 Å². The van der Waals surface area contributed by atoms with Crippen molar-refractivity contribution in [3.05, 3.63) is 71.6 Å². The van der Waals surface area contributed by atoms with E-state index in [1.54, 1.807) is 11.9 Å². The minimum atomic E-state index is -0.292. The molecule has 5 nitrogen and oxygen atoms in total. The molecule has 0 spiro atoms. The highest BCUT2D eigenvalue weighted by Gasteiger charge is 2.19. The van der Waals surface area contributed by atoms with Gasteiger partial charge in [0.2, 0.25) is 5.89 Å². The minimum Gasteiger partial charge on any atom is -0.412 e. The van der Waals surface area contributed by atoms with Crippen molar-refractivity contribution in [2.45, 2.75) is 13.5 Å². The summed E-state index contributed by atoms with van der Waals surface area (Å²) in [5.74, 6) is 0.0557. The van der Waals surface area contributed by atoms with E-state index in [0.717, 1.165) is 16.7 Å². The van der Waals surface area contributed by atoms with Crippen LogP contribution in [0.1, 0.15) is 21.8 Å². The van der Waals surface area contributed by atoms with E-state index in [4.69, 9.17) is 4.42 Å². The Balaban J connectivity index is 1.74. The Morgan fingerprint density at radius 3 is 2.43 bits per heavy atom. The van der Waals surface area contributed by atoms with Gasteiger partial charge in [-0.05, 0) is 24.6 Å². The molecule has 0 aliphatic rings. The molecule has 2 aromatic carbocycles. The summed E-state index contributed by atoms with van der Waals surface area (Å²) in [5.41, 5.74) is 2.99. The number of rotatable bonds is 4. The van der Waals surface area contributed by atoms with Gasteiger partial charge in [0.15, 0.2) is 0 Å². The van der Waals surface area contributed by atoms with Crippen LogP contribution >= 0.6 is 0 Å². The van der Waals surface area contributed by atoms with Gasteiger partial charge in [-0.25, -0.2) is 0 Å². The van der Waals surface area contributed by atoms with E-state index >= 15 is 0 Å². The Bertz CT molecular complexity index is 795. The molecule has 0 atom stereocenters. The van der Waals surface area contributed by atoms with E-state index < -0.39 is 0 Å². The molecule has 0 radical (unpaired) electrons. The molecule has 1 amide bonds. The Morgan fingerprint density at radius 1 is 1.04 bits per heavy atom. The Hall–Kier alpha value is -2.95. The first-order valence-electron chi connectivity index (χ1n) is 7.33. The van der Waals surface area contributed by atoms with Crippen molar-refractivity contribution in [3.63, 3.8) is 0 Å². The number of carbonyl (C=O) groups excluding carboxylic acids is 1. The van der Waals surface area contributed by atoms with Gasteiger partial charge in [0.1, 0.15) is 0 Å². The molecule has 1 heterocycles. The molecule has 0 fully saturated rings. The largest absolute Gasteiger partial charge is 0.412 e. The van der Waals surface area contributed by atoms with Crippen LogP contribution in [0.3, 0.4) is 0 Å². The predicted octanol–water partition coefficient (Wildman–Crippen LogP) is 3.32. The van der Waals surface area contributed by atoms with Gasteiger partial charge in [0.05, 0.1) is 0 Å². The van der Waals surface area contributed by atoms with Crippen molar-refractivity contribution >= 4 is 5.91 Å². The number of aromatic nitrogens is 2. The zero-order valence-corrected chi connectivity index (χ0v) is 13.1. The lowest BCUT2D eigenvalue weighted by atomic mass is 10.1. The van der Waals surface area contributed by atoms with E-state index in [-0.39, 0.29) is 11.8 Å². The Labute approximate surface area is 134 Å². The number of amides is 1. The van der Waals surface area contributed by atoms with Crippen LogP contribution in [0.4, 0.5) is 0 Å². The third kappa shape index (κ3) is 3.45. The summed E-state index contributed by atoms with van der Waals surface area (Å²) < 4.78 is 5.52. The fourth-order valence-corrected chi connectivity index (χ4v) is 2.21. The fraction of sp³-hybridized carbons (Fsp3) is 0.167. The van der Waals surface area contributed by atoms with Crippen LogP contribution in [0.2, 0.25) is 0 Å². The molecule has 116 valence electrons. The third-order valence-electron chi connectivity index (χ3n) is 3.52. The van der Waals surface area contributed by atoms with E-state index in [1.807, 2.05) is 61.5 Å². The van der Waals surface area contributed by atoms with E-state index in [2.05, 4.69) is 10.2 Å². The van der Waals surface area contributed by atoms with Gasteiger partial charge in [-0.1, -0.05) is 48.0 Å². The van der Waals surface area contributed by atoms with Crippen LogP contribution in [-0.2, 0) is 6.54 Å². The lowest BCUT2D eigenvalue weighted by Gasteiger charge is -2.14. The molecule has 0 aliphatic carbocycles. The van der Waals surface area contributed by atoms with Crippen LogP contribution < -0.4 is 0 Å². The smallest absolute Gasteiger partial charge is 0.311 e. The summed E-state index contributed by atoms with van der Waals surface area (Å²) in [6, 6.07) is 17.5. The highest BCUT2D eigenvalue weighted by atomic mass is 16.4. The van der Waals surface area contributed by atoms with Crippen molar-refractivity contribution in [3.8, 4) is 11.5 Å². The molecule has 1 aromatic heterocycles. The number of aryl methyl sites for hydroxylation is 1. The van der Waals surface area contributed by atoms with Gasteiger partial charge < -0.3 is 9.32 Å². The lowest BCUT2D eigenvalue weighted by molar-refractivity contribution is 0.0746. The van der Waals surface area contributed by atoms with Crippen molar-refractivity contribution in [2.24, 2.45) is 0 Å². The topological polar surface area (TPSA) is 59.2 Å². The molecular formula is C18H17N3O2. The molecule has 0 bridgehead atoms. The maximum atomic E-state index is 12.4. The number of nitrogens with zero attached hydrogens (tertiary/aromatic N) is 3. The molecule has 23 heavy (non-hydrogen) atoms. The van der Waals surface area contributed by atoms with Gasteiger partial charge in [0, 0.05) is 19.2 Å². The van der Waals surface area contributed by atoms with Crippen LogP contribution in [0.5, 0.6) is 0 Å². The molecular weight excluding hydrogens is 290 g/mol. The summed E-state index contributed by atoms with van der Waals surface area (Å²) in [7, 11) is 1.71. The highest BCUT2D eigenvalue weighted by molar-refractivity contribution is 5.89. The lowest BCUT2D eigenvalue weighted by Crippen LogP contribution is -2.26. The van der Waals surface area contributed by atoms with Crippen molar-refractivity contribution in [1.82, 2.24) is 15.1 Å². The predicted molar refractivity (Wildman–Crippen MR) is 86.7 cm³/mol. The first kappa shape index (κ1) is 15.0. The van der Waals surface area contributed by atoms with Gasteiger partial charge in [-0.15, -0.1) is 10.2 Å². The first-order chi connectivity index (χ1) is 11.1.